The van der Waals surface area contributed by atoms with E-state index in [1.54, 1.807) is 11.9 Å². The van der Waals surface area contributed by atoms with Crippen molar-refractivity contribution in [1.29, 1.82) is 0 Å². The van der Waals surface area contributed by atoms with Crippen molar-refractivity contribution in [3.63, 3.8) is 0 Å². The molecular formula is C21H35N3O5. The number of nitrogens with one attached hydrogen (secondary N) is 2. The predicted molar refractivity (Wildman–Crippen MR) is 107 cm³/mol. The highest BCUT2D eigenvalue weighted by Crippen LogP contribution is 2.65. The van der Waals surface area contributed by atoms with E-state index in [2.05, 4.69) is 17.6 Å². The summed E-state index contributed by atoms with van der Waals surface area (Å²) in [5.74, 6) is -1.94. The monoisotopic (exact) mass is 409 g/mol. The number of aliphatic hydroxyl groups excluding tert-OH is 1. The quantitative estimate of drug-likeness (QED) is 0.539. The Bertz CT molecular complexity index is 685. The lowest BCUT2D eigenvalue weighted by atomic mass is 9.62. The normalized spacial score (nSPS) is 38.8. The Morgan fingerprint density at radius 3 is 2.66 bits per heavy atom. The Morgan fingerprint density at radius 1 is 1.38 bits per heavy atom. The van der Waals surface area contributed by atoms with E-state index in [0.29, 0.717) is 12.8 Å². The molecule has 3 heterocycles. The summed E-state index contributed by atoms with van der Waals surface area (Å²) in [5.41, 5.74) is -1.79. The van der Waals surface area contributed by atoms with Crippen molar-refractivity contribution >= 4 is 17.7 Å². The van der Waals surface area contributed by atoms with Crippen LogP contribution in [0.4, 0.5) is 0 Å². The fourth-order valence-corrected chi connectivity index (χ4v) is 5.90. The summed E-state index contributed by atoms with van der Waals surface area (Å²) >= 11 is 0. The summed E-state index contributed by atoms with van der Waals surface area (Å²) < 4.78 is 6.53. The van der Waals surface area contributed by atoms with Crippen LogP contribution in [0.25, 0.3) is 0 Å². The first kappa shape index (κ1) is 22.0. The van der Waals surface area contributed by atoms with Crippen LogP contribution < -0.4 is 10.6 Å². The average Bonchev–Trinajstić information content (AvgIpc) is 3.16. The summed E-state index contributed by atoms with van der Waals surface area (Å²) in [6.07, 6.45) is 2.72. The Hall–Kier alpha value is -1.67. The van der Waals surface area contributed by atoms with Crippen LogP contribution in [0.1, 0.15) is 53.4 Å². The minimum absolute atomic E-state index is 0.0147. The van der Waals surface area contributed by atoms with Crippen LogP contribution in [0.5, 0.6) is 0 Å². The van der Waals surface area contributed by atoms with Crippen LogP contribution in [0.2, 0.25) is 0 Å². The van der Waals surface area contributed by atoms with E-state index in [4.69, 9.17) is 4.74 Å². The van der Waals surface area contributed by atoms with E-state index in [0.717, 1.165) is 12.8 Å². The van der Waals surface area contributed by atoms with E-state index < -0.39 is 29.1 Å². The molecule has 0 aliphatic carbocycles. The van der Waals surface area contributed by atoms with Gasteiger partial charge in [-0.1, -0.05) is 20.3 Å². The highest BCUT2D eigenvalue weighted by molar-refractivity contribution is 5.99. The number of hydrogen-bond donors (Lipinski definition) is 3. The Labute approximate surface area is 172 Å². The van der Waals surface area contributed by atoms with Crippen LogP contribution in [-0.2, 0) is 19.1 Å². The first-order chi connectivity index (χ1) is 13.7. The topological polar surface area (TPSA) is 108 Å². The third-order valence-electron chi connectivity index (χ3n) is 7.26. The molecule has 0 aromatic carbocycles. The van der Waals surface area contributed by atoms with Gasteiger partial charge in [-0.05, 0) is 39.0 Å². The smallest absolute Gasteiger partial charge is 0.246 e. The molecule has 3 aliphatic heterocycles. The van der Waals surface area contributed by atoms with E-state index in [-0.39, 0.29) is 42.8 Å². The molecule has 29 heavy (non-hydrogen) atoms. The van der Waals surface area contributed by atoms with Crippen molar-refractivity contribution in [3.05, 3.63) is 0 Å². The first-order valence-electron chi connectivity index (χ1n) is 10.8. The molecule has 164 valence electrons. The zero-order chi connectivity index (χ0) is 21.6. The molecule has 4 unspecified atom stereocenters. The molecule has 0 aromatic rings. The van der Waals surface area contributed by atoms with Crippen molar-refractivity contribution in [2.75, 3.05) is 20.2 Å². The van der Waals surface area contributed by atoms with Crippen molar-refractivity contribution in [2.24, 2.45) is 17.8 Å². The number of carbonyl (C=O) groups excluding carboxylic acids is 3. The molecule has 3 aliphatic rings. The van der Waals surface area contributed by atoms with E-state index >= 15 is 0 Å². The van der Waals surface area contributed by atoms with Crippen LogP contribution >= 0.6 is 0 Å². The summed E-state index contributed by atoms with van der Waals surface area (Å²) in [5, 5.41) is 15.1. The zero-order valence-corrected chi connectivity index (χ0v) is 18.2. The average molecular weight is 410 g/mol. The Balaban J connectivity index is 2.02. The number of carbonyl (C=O) groups is 3. The largest absolute Gasteiger partial charge is 0.396 e. The van der Waals surface area contributed by atoms with Gasteiger partial charge >= 0.3 is 0 Å². The second-order valence-corrected chi connectivity index (χ2v) is 9.13. The number of ether oxygens (including phenoxy) is 1. The molecule has 0 saturated carbocycles. The van der Waals surface area contributed by atoms with Gasteiger partial charge in [-0.15, -0.1) is 0 Å². The molecule has 3 N–H and O–H groups in total. The third-order valence-corrected chi connectivity index (χ3v) is 7.26. The van der Waals surface area contributed by atoms with Crippen LogP contribution in [0.15, 0.2) is 0 Å². The van der Waals surface area contributed by atoms with Crippen LogP contribution in [-0.4, -0.2) is 71.2 Å². The Morgan fingerprint density at radius 2 is 2.07 bits per heavy atom. The van der Waals surface area contributed by atoms with Gasteiger partial charge in [0.2, 0.25) is 17.7 Å². The van der Waals surface area contributed by atoms with Gasteiger partial charge in [0.1, 0.15) is 11.6 Å². The third kappa shape index (κ3) is 3.15. The molecule has 2 bridgehead atoms. The maximum Gasteiger partial charge on any atom is 0.246 e. The number of amides is 3. The van der Waals surface area contributed by atoms with E-state index in [1.807, 2.05) is 20.8 Å². The first-order valence-corrected chi connectivity index (χ1v) is 10.8. The minimum Gasteiger partial charge on any atom is -0.396 e. The molecule has 8 heteroatoms. The number of likely N-dealkylation sites (tertiary alicyclic amines) is 1. The van der Waals surface area contributed by atoms with Gasteiger partial charge in [0, 0.05) is 26.2 Å². The van der Waals surface area contributed by atoms with Crippen molar-refractivity contribution < 1.29 is 24.2 Å². The molecule has 8 nitrogen and oxygen atoms in total. The zero-order valence-electron chi connectivity index (χ0n) is 18.2. The number of hydrogen-bond acceptors (Lipinski definition) is 5. The summed E-state index contributed by atoms with van der Waals surface area (Å²) in [6, 6.07) is -0.802. The molecule has 3 fully saturated rings. The molecule has 3 rings (SSSR count). The molecule has 7 atom stereocenters. The van der Waals surface area contributed by atoms with E-state index in [1.165, 1.54) is 0 Å². The predicted octanol–water partition coefficient (Wildman–Crippen LogP) is 0.430. The minimum atomic E-state index is -1.01. The molecule has 3 saturated heterocycles. The van der Waals surface area contributed by atoms with Gasteiger partial charge < -0.3 is 25.4 Å². The number of aliphatic hydroxyl groups is 1. The molecule has 0 radical (unpaired) electrons. The maximum absolute atomic E-state index is 13.5. The van der Waals surface area contributed by atoms with Crippen LogP contribution in [0.3, 0.4) is 0 Å². The van der Waals surface area contributed by atoms with Gasteiger partial charge in [0.05, 0.1) is 17.4 Å². The lowest BCUT2D eigenvalue weighted by Crippen LogP contribution is -2.57. The van der Waals surface area contributed by atoms with Gasteiger partial charge in [0.25, 0.3) is 0 Å². The second-order valence-electron chi connectivity index (χ2n) is 9.13. The molecular weight excluding hydrogens is 374 g/mol. The number of fused-ring (bicyclic) bond motifs is 1. The number of nitrogens with zero attached hydrogens (tertiary/aromatic N) is 1. The lowest BCUT2D eigenvalue weighted by molar-refractivity contribution is -0.147. The van der Waals surface area contributed by atoms with Crippen LogP contribution in [0, 0.1) is 17.8 Å². The van der Waals surface area contributed by atoms with Gasteiger partial charge in [-0.25, -0.2) is 0 Å². The van der Waals surface area contributed by atoms with Crippen molar-refractivity contribution in [3.8, 4) is 0 Å². The highest BCUT2D eigenvalue weighted by Gasteiger charge is 2.79. The molecule has 0 aromatic heterocycles. The maximum atomic E-state index is 13.5. The summed E-state index contributed by atoms with van der Waals surface area (Å²) in [4.78, 5) is 41.2. The summed E-state index contributed by atoms with van der Waals surface area (Å²) in [7, 11) is 1.56. The number of rotatable bonds is 8. The van der Waals surface area contributed by atoms with Gasteiger partial charge in [-0.2, -0.15) is 0 Å². The standard InChI is InChI=1S/C21H35N3O5/c1-6-8-13(3)23-18(27)16-21-11-12(2)20(4,29-21)14(17(26)22-5)15(21)19(28)24(16)9-7-10-25/h12-16,25H,6-11H2,1-5H3,(H,22,26)(H,23,27)/t12?,13?,14-,15-,16?,20+,21?/m0/s1. The SMILES string of the molecule is CCCC(C)NC(=O)C1N(CCCO)C(=O)[C@@H]2[C@@H](C(=O)NC)[C@]3(C)OC12CC3C. The lowest BCUT2D eigenvalue weighted by Gasteiger charge is -2.36. The summed E-state index contributed by atoms with van der Waals surface area (Å²) in [6.45, 7) is 8.12. The van der Waals surface area contributed by atoms with E-state index in [9.17, 15) is 19.5 Å². The second kappa shape index (κ2) is 7.87. The Kier molecular flexibility index (Phi) is 5.98. The molecule has 1 spiro atoms. The highest BCUT2D eigenvalue weighted by atomic mass is 16.5. The van der Waals surface area contributed by atoms with Gasteiger partial charge in [0.15, 0.2) is 0 Å². The fraction of sp³-hybridized carbons (Fsp3) is 0.857. The van der Waals surface area contributed by atoms with Crippen molar-refractivity contribution in [1.82, 2.24) is 15.5 Å². The van der Waals surface area contributed by atoms with Gasteiger partial charge in [-0.3, -0.25) is 14.4 Å². The molecule has 3 amide bonds. The van der Waals surface area contributed by atoms with Crippen molar-refractivity contribution in [2.45, 2.75) is 76.7 Å². The fourth-order valence-electron chi connectivity index (χ4n) is 5.90.